The van der Waals surface area contributed by atoms with E-state index in [-0.39, 0.29) is 5.91 Å². The average molecular weight is 406 g/mol. The van der Waals surface area contributed by atoms with Crippen molar-refractivity contribution in [2.45, 2.75) is 32.2 Å². The highest BCUT2D eigenvalue weighted by molar-refractivity contribution is 5.81. The highest BCUT2D eigenvalue weighted by atomic mass is 16.5. The van der Waals surface area contributed by atoms with E-state index in [1.807, 2.05) is 72.5 Å². The number of carbonyl (C=O) groups excluding carboxylic acids is 1. The highest BCUT2D eigenvalue weighted by Crippen LogP contribution is 2.23. The molecule has 1 aliphatic rings. The quantitative estimate of drug-likeness (QED) is 0.604. The Morgan fingerprint density at radius 3 is 2.57 bits per heavy atom. The number of nitrogens with zero attached hydrogens (tertiary/aromatic N) is 5. The SMILES string of the molecule is Cc1nnnn1C(Cc1ccccc1)C(=O)N1CCCC(COc2ccccc2)C1. The van der Waals surface area contributed by atoms with Gasteiger partial charge in [0.1, 0.15) is 17.6 Å². The van der Waals surface area contributed by atoms with Gasteiger partial charge in [-0.1, -0.05) is 48.5 Å². The van der Waals surface area contributed by atoms with E-state index >= 15 is 0 Å². The topological polar surface area (TPSA) is 73.1 Å². The van der Waals surface area contributed by atoms with E-state index < -0.39 is 6.04 Å². The van der Waals surface area contributed by atoms with Crippen molar-refractivity contribution < 1.29 is 9.53 Å². The van der Waals surface area contributed by atoms with Crippen LogP contribution in [0.25, 0.3) is 0 Å². The first-order valence-corrected chi connectivity index (χ1v) is 10.5. The number of ether oxygens (including phenoxy) is 1. The molecule has 0 bridgehead atoms. The summed E-state index contributed by atoms with van der Waals surface area (Å²) in [6.45, 7) is 3.89. The molecule has 7 nitrogen and oxygen atoms in total. The summed E-state index contributed by atoms with van der Waals surface area (Å²) in [5.41, 5.74) is 1.09. The molecule has 1 aromatic heterocycles. The Bertz CT molecular complexity index is 944. The molecule has 4 rings (SSSR count). The van der Waals surface area contributed by atoms with Gasteiger partial charge >= 0.3 is 0 Å². The molecule has 1 saturated heterocycles. The lowest BCUT2D eigenvalue weighted by molar-refractivity contribution is -0.137. The number of rotatable bonds is 7. The van der Waals surface area contributed by atoms with E-state index in [1.165, 1.54) is 0 Å². The van der Waals surface area contributed by atoms with Gasteiger partial charge in [-0.2, -0.15) is 0 Å². The molecule has 1 amide bonds. The van der Waals surface area contributed by atoms with Crippen LogP contribution in [0.5, 0.6) is 5.75 Å². The summed E-state index contributed by atoms with van der Waals surface area (Å²) in [7, 11) is 0. The van der Waals surface area contributed by atoms with Crippen molar-refractivity contribution in [3.8, 4) is 5.75 Å². The fraction of sp³-hybridized carbons (Fsp3) is 0.391. The van der Waals surface area contributed by atoms with Crippen molar-refractivity contribution in [2.75, 3.05) is 19.7 Å². The van der Waals surface area contributed by atoms with E-state index in [1.54, 1.807) is 4.68 Å². The lowest BCUT2D eigenvalue weighted by atomic mass is 9.97. The number of benzene rings is 2. The predicted molar refractivity (Wildman–Crippen MR) is 113 cm³/mol. The minimum absolute atomic E-state index is 0.0682. The Morgan fingerprint density at radius 2 is 1.87 bits per heavy atom. The molecule has 156 valence electrons. The van der Waals surface area contributed by atoms with Crippen LogP contribution in [0, 0.1) is 12.8 Å². The predicted octanol–water partition coefficient (Wildman–Crippen LogP) is 3.08. The van der Waals surface area contributed by atoms with Gasteiger partial charge in [0.05, 0.1) is 6.61 Å². The third kappa shape index (κ3) is 4.84. The molecule has 30 heavy (non-hydrogen) atoms. The largest absolute Gasteiger partial charge is 0.493 e. The van der Waals surface area contributed by atoms with E-state index in [9.17, 15) is 4.79 Å². The minimum Gasteiger partial charge on any atom is -0.493 e. The second-order valence-corrected chi connectivity index (χ2v) is 7.79. The molecule has 2 unspecified atom stereocenters. The fourth-order valence-corrected chi connectivity index (χ4v) is 3.98. The molecule has 2 heterocycles. The number of hydrogen-bond acceptors (Lipinski definition) is 5. The third-order valence-electron chi connectivity index (χ3n) is 5.57. The molecule has 0 radical (unpaired) electrons. The number of aromatic nitrogens is 4. The van der Waals surface area contributed by atoms with Gasteiger partial charge in [-0.05, 0) is 47.9 Å². The number of hydrogen-bond donors (Lipinski definition) is 0. The number of carbonyl (C=O) groups is 1. The minimum atomic E-state index is -0.448. The standard InChI is InChI=1S/C23H27N5O2/c1-18-24-25-26-28(18)22(15-19-9-4-2-5-10-19)23(29)27-14-8-11-20(16-27)17-30-21-12-6-3-7-13-21/h2-7,9-10,12-13,20,22H,8,11,14-17H2,1H3. The molecule has 0 N–H and O–H groups in total. The van der Waals surface area contributed by atoms with Gasteiger partial charge < -0.3 is 9.64 Å². The van der Waals surface area contributed by atoms with Gasteiger partial charge in [0, 0.05) is 25.4 Å². The maximum absolute atomic E-state index is 13.5. The van der Waals surface area contributed by atoms with Crippen LogP contribution < -0.4 is 4.74 Å². The molecule has 0 saturated carbocycles. The van der Waals surface area contributed by atoms with E-state index in [4.69, 9.17) is 4.74 Å². The first-order chi connectivity index (χ1) is 14.7. The van der Waals surface area contributed by atoms with Gasteiger partial charge in [-0.3, -0.25) is 4.79 Å². The lowest BCUT2D eigenvalue weighted by Gasteiger charge is -2.35. The molecule has 0 spiro atoms. The second kappa shape index (κ2) is 9.52. The zero-order valence-corrected chi connectivity index (χ0v) is 17.2. The number of tetrazole rings is 1. The number of piperidine rings is 1. The summed E-state index contributed by atoms with van der Waals surface area (Å²) >= 11 is 0. The van der Waals surface area contributed by atoms with Crippen molar-refractivity contribution >= 4 is 5.91 Å². The monoisotopic (exact) mass is 405 g/mol. The summed E-state index contributed by atoms with van der Waals surface area (Å²) in [5, 5.41) is 11.9. The fourth-order valence-electron chi connectivity index (χ4n) is 3.98. The van der Waals surface area contributed by atoms with Crippen molar-refractivity contribution in [2.24, 2.45) is 5.92 Å². The van der Waals surface area contributed by atoms with Crippen LogP contribution in [0.4, 0.5) is 0 Å². The molecule has 7 heteroatoms. The van der Waals surface area contributed by atoms with Crippen LogP contribution >= 0.6 is 0 Å². The molecular formula is C23H27N5O2. The smallest absolute Gasteiger partial charge is 0.247 e. The molecular weight excluding hydrogens is 378 g/mol. The van der Waals surface area contributed by atoms with Crippen LogP contribution in [0.2, 0.25) is 0 Å². The van der Waals surface area contributed by atoms with E-state index in [0.29, 0.717) is 31.3 Å². The average Bonchev–Trinajstić information content (AvgIpc) is 3.23. The van der Waals surface area contributed by atoms with Crippen LogP contribution in [-0.2, 0) is 11.2 Å². The first-order valence-electron chi connectivity index (χ1n) is 10.5. The van der Waals surface area contributed by atoms with Gasteiger partial charge in [0.25, 0.3) is 0 Å². The summed E-state index contributed by atoms with van der Waals surface area (Å²) in [6.07, 6.45) is 2.60. The summed E-state index contributed by atoms with van der Waals surface area (Å²) in [4.78, 5) is 15.5. The van der Waals surface area contributed by atoms with Gasteiger partial charge in [0.15, 0.2) is 0 Å². The van der Waals surface area contributed by atoms with Crippen molar-refractivity contribution in [1.82, 2.24) is 25.1 Å². The molecule has 1 fully saturated rings. The zero-order valence-electron chi connectivity index (χ0n) is 17.2. The zero-order chi connectivity index (χ0) is 20.8. The molecule has 2 atom stereocenters. The van der Waals surface area contributed by atoms with E-state index in [2.05, 4.69) is 15.5 Å². The van der Waals surface area contributed by atoms with Crippen LogP contribution in [0.15, 0.2) is 60.7 Å². The van der Waals surface area contributed by atoms with Crippen LogP contribution in [0.1, 0.15) is 30.3 Å². The van der Waals surface area contributed by atoms with Crippen molar-refractivity contribution in [3.05, 3.63) is 72.1 Å². The Morgan fingerprint density at radius 1 is 1.13 bits per heavy atom. The molecule has 1 aliphatic heterocycles. The van der Waals surface area contributed by atoms with Gasteiger partial charge in [-0.25, -0.2) is 4.68 Å². The second-order valence-electron chi connectivity index (χ2n) is 7.79. The first kappa shape index (κ1) is 20.1. The Labute approximate surface area is 176 Å². The summed E-state index contributed by atoms with van der Waals surface area (Å²) in [6, 6.07) is 19.4. The van der Waals surface area contributed by atoms with Gasteiger partial charge in [-0.15, -0.1) is 5.10 Å². The van der Waals surface area contributed by atoms with E-state index in [0.717, 1.165) is 30.7 Å². The lowest BCUT2D eigenvalue weighted by Crippen LogP contribution is -2.45. The Balaban J connectivity index is 1.45. The normalized spacial score (nSPS) is 17.5. The summed E-state index contributed by atoms with van der Waals surface area (Å²) < 4.78 is 7.60. The van der Waals surface area contributed by atoms with Crippen LogP contribution in [-0.4, -0.2) is 50.7 Å². The van der Waals surface area contributed by atoms with Crippen LogP contribution in [0.3, 0.4) is 0 Å². The maximum atomic E-state index is 13.5. The number of amides is 1. The molecule has 3 aromatic rings. The van der Waals surface area contributed by atoms with Crippen molar-refractivity contribution in [1.29, 1.82) is 0 Å². The third-order valence-corrected chi connectivity index (χ3v) is 5.57. The van der Waals surface area contributed by atoms with Gasteiger partial charge in [0.2, 0.25) is 5.91 Å². The Kier molecular flexibility index (Phi) is 6.37. The Hall–Kier alpha value is -3.22. The highest BCUT2D eigenvalue weighted by Gasteiger charge is 2.32. The number of aryl methyl sites for hydroxylation is 1. The molecule has 2 aromatic carbocycles. The number of likely N-dealkylation sites (tertiary alicyclic amines) is 1. The molecule has 0 aliphatic carbocycles. The summed E-state index contributed by atoms with van der Waals surface area (Å²) in [5.74, 6) is 1.89. The maximum Gasteiger partial charge on any atom is 0.247 e. The number of para-hydroxylation sites is 1. The van der Waals surface area contributed by atoms with Crippen molar-refractivity contribution in [3.63, 3.8) is 0 Å².